The Balaban J connectivity index is 1.69. The molecule has 2 rings (SSSR count). The van der Waals surface area contributed by atoms with Gasteiger partial charge in [-0.15, -0.1) is 0 Å². The Morgan fingerprint density at radius 2 is 1.89 bits per heavy atom. The minimum Gasteiger partial charge on any atom is -0.481 e. The first-order valence-electron chi connectivity index (χ1n) is 7.32. The second-order valence-corrected chi connectivity index (χ2v) is 5.94. The fraction of sp³-hybridized carbons (Fsp3) is 0.857. The maximum absolute atomic E-state index is 12.0. The molecule has 0 radical (unpaired) electrons. The molecule has 0 spiro atoms. The van der Waals surface area contributed by atoms with Gasteiger partial charge in [-0.3, -0.25) is 9.59 Å². The number of carboxylic acid groups (broad SMARTS) is 1. The zero-order valence-electron chi connectivity index (χ0n) is 11.5. The van der Waals surface area contributed by atoms with Crippen molar-refractivity contribution in [3.05, 3.63) is 0 Å². The summed E-state index contributed by atoms with van der Waals surface area (Å²) in [5, 5.41) is 15.3. The van der Waals surface area contributed by atoms with E-state index >= 15 is 0 Å². The molecule has 5 nitrogen and oxygen atoms in total. The zero-order valence-corrected chi connectivity index (χ0v) is 11.5. The van der Waals surface area contributed by atoms with Crippen LogP contribution in [0.4, 0.5) is 0 Å². The number of rotatable bonds is 4. The molecule has 2 fully saturated rings. The minimum atomic E-state index is -0.673. The van der Waals surface area contributed by atoms with E-state index in [2.05, 4.69) is 17.6 Å². The lowest BCUT2D eigenvalue weighted by Gasteiger charge is -2.26. The number of aliphatic carboxylic acids is 1. The number of carboxylic acids is 1. The molecule has 1 saturated heterocycles. The summed E-state index contributed by atoms with van der Waals surface area (Å²) >= 11 is 0. The molecule has 0 aromatic heterocycles. The predicted octanol–water partition coefficient (Wildman–Crippen LogP) is 0.992. The van der Waals surface area contributed by atoms with Gasteiger partial charge in [-0.05, 0) is 51.5 Å². The Kier molecular flexibility index (Phi) is 4.80. The summed E-state index contributed by atoms with van der Waals surface area (Å²) in [4.78, 5) is 22.9. The number of carbonyl (C=O) groups is 2. The highest BCUT2D eigenvalue weighted by Gasteiger charge is 2.30. The van der Waals surface area contributed by atoms with Gasteiger partial charge in [0.25, 0.3) is 0 Å². The molecule has 5 heteroatoms. The molecule has 1 saturated carbocycles. The van der Waals surface area contributed by atoms with Crippen LogP contribution in [-0.2, 0) is 9.59 Å². The van der Waals surface area contributed by atoms with Gasteiger partial charge in [0.2, 0.25) is 5.91 Å². The summed E-state index contributed by atoms with van der Waals surface area (Å²) in [5.41, 5.74) is 0. The molecule has 19 heavy (non-hydrogen) atoms. The summed E-state index contributed by atoms with van der Waals surface area (Å²) in [7, 11) is 0. The van der Waals surface area contributed by atoms with Crippen LogP contribution in [0.2, 0.25) is 0 Å². The van der Waals surface area contributed by atoms with Crippen molar-refractivity contribution in [3.63, 3.8) is 0 Å². The third-order valence-corrected chi connectivity index (χ3v) is 4.62. The standard InChI is InChI=1S/C14H24N2O3/c1-9-12(6-7-15-9)13(17)16-8-10-2-4-11(5-3-10)14(18)19/h9-12,15H,2-8H2,1H3,(H,16,17)(H,18,19). The third kappa shape index (κ3) is 3.69. The molecule has 2 aliphatic rings. The first-order chi connectivity index (χ1) is 9.08. The zero-order chi connectivity index (χ0) is 13.8. The smallest absolute Gasteiger partial charge is 0.306 e. The van der Waals surface area contributed by atoms with Gasteiger partial charge in [0, 0.05) is 12.6 Å². The van der Waals surface area contributed by atoms with Crippen LogP contribution >= 0.6 is 0 Å². The highest BCUT2D eigenvalue weighted by molar-refractivity contribution is 5.79. The fourth-order valence-corrected chi connectivity index (χ4v) is 3.21. The van der Waals surface area contributed by atoms with Gasteiger partial charge in [-0.25, -0.2) is 0 Å². The molecular weight excluding hydrogens is 244 g/mol. The Hall–Kier alpha value is -1.10. The Labute approximate surface area is 114 Å². The minimum absolute atomic E-state index is 0.0929. The SMILES string of the molecule is CC1NCCC1C(=O)NCC1CCC(C(=O)O)CC1. The van der Waals surface area contributed by atoms with E-state index in [1.54, 1.807) is 0 Å². The number of amides is 1. The third-order valence-electron chi connectivity index (χ3n) is 4.62. The summed E-state index contributed by atoms with van der Waals surface area (Å²) in [6.45, 7) is 3.67. The monoisotopic (exact) mass is 268 g/mol. The highest BCUT2D eigenvalue weighted by Crippen LogP contribution is 2.28. The lowest BCUT2D eigenvalue weighted by Crippen LogP contribution is -2.39. The van der Waals surface area contributed by atoms with E-state index in [1.807, 2.05) is 0 Å². The number of carbonyl (C=O) groups excluding carboxylic acids is 1. The van der Waals surface area contributed by atoms with E-state index in [0.717, 1.165) is 38.6 Å². The second kappa shape index (κ2) is 6.37. The van der Waals surface area contributed by atoms with Gasteiger partial charge in [0.05, 0.1) is 11.8 Å². The van der Waals surface area contributed by atoms with E-state index in [1.165, 1.54) is 0 Å². The van der Waals surface area contributed by atoms with Crippen molar-refractivity contribution in [3.8, 4) is 0 Å². The van der Waals surface area contributed by atoms with Crippen LogP contribution in [0, 0.1) is 17.8 Å². The van der Waals surface area contributed by atoms with Crippen molar-refractivity contribution in [1.82, 2.24) is 10.6 Å². The molecule has 2 atom stereocenters. The largest absolute Gasteiger partial charge is 0.481 e. The Morgan fingerprint density at radius 1 is 1.21 bits per heavy atom. The maximum atomic E-state index is 12.0. The molecule has 0 bridgehead atoms. The Morgan fingerprint density at radius 3 is 2.42 bits per heavy atom. The highest BCUT2D eigenvalue weighted by atomic mass is 16.4. The van der Waals surface area contributed by atoms with E-state index in [0.29, 0.717) is 12.5 Å². The van der Waals surface area contributed by atoms with Crippen molar-refractivity contribution in [2.24, 2.45) is 17.8 Å². The second-order valence-electron chi connectivity index (χ2n) is 5.94. The average molecular weight is 268 g/mol. The lowest BCUT2D eigenvalue weighted by atomic mass is 9.82. The quantitative estimate of drug-likeness (QED) is 0.710. The summed E-state index contributed by atoms with van der Waals surface area (Å²) < 4.78 is 0. The fourth-order valence-electron chi connectivity index (χ4n) is 3.21. The molecule has 108 valence electrons. The van der Waals surface area contributed by atoms with E-state index in [9.17, 15) is 9.59 Å². The molecule has 2 unspecified atom stereocenters. The van der Waals surface area contributed by atoms with Crippen LogP contribution in [0.25, 0.3) is 0 Å². The number of hydrogen-bond donors (Lipinski definition) is 3. The molecule has 0 aromatic carbocycles. The molecule has 1 heterocycles. The molecule has 1 amide bonds. The molecule has 1 aliphatic heterocycles. The normalized spacial score (nSPS) is 35.0. The maximum Gasteiger partial charge on any atom is 0.306 e. The van der Waals surface area contributed by atoms with Gasteiger partial charge in [0.1, 0.15) is 0 Å². The Bertz CT molecular complexity index is 338. The van der Waals surface area contributed by atoms with Gasteiger partial charge in [-0.1, -0.05) is 0 Å². The van der Waals surface area contributed by atoms with Gasteiger partial charge >= 0.3 is 5.97 Å². The molecular formula is C14H24N2O3. The van der Waals surface area contributed by atoms with Gasteiger partial charge in [0.15, 0.2) is 0 Å². The van der Waals surface area contributed by atoms with Crippen LogP contribution in [0.3, 0.4) is 0 Å². The molecule has 0 aromatic rings. The summed E-state index contributed by atoms with van der Waals surface area (Å²) in [5.74, 6) is -0.156. The summed E-state index contributed by atoms with van der Waals surface area (Å²) in [6.07, 6.45) is 4.23. The van der Waals surface area contributed by atoms with Gasteiger partial charge < -0.3 is 15.7 Å². The molecule has 1 aliphatic carbocycles. The van der Waals surface area contributed by atoms with Crippen molar-refractivity contribution < 1.29 is 14.7 Å². The summed E-state index contributed by atoms with van der Waals surface area (Å²) in [6, 6.07) is 0.266. The first-order valence-corrected chi connectivity index (χ1v) is 7.32. The van der Waals surface area contributed by atoms with Crippen molar-refractivity contribution in [2.45, 2.75) is 45.1 Å². The first kappa shape index (κ1) is 14.3. The predicted molar refractivity (Wildman–Crippen MR) is 71.7 cm³/mol. The molecule has 3 N–H and O–H groups in total. The van der Waals surface area contributed by atoms with Crippen LogP contribution < -0.4 is 10.6 Å². The lowest BCUT2D eigenvalue weighted by molar-refractivity contribution is -0.143. The van der Waals surface area contributed by atoms with Gasteiger partial charge in [-0.2, -0.15) is 0 Å². The van der Waals surface area contributed by atoms with Crippen molar-refractivity contribution in [2.75, 3.05) is 13.1 Å². The van der Waals surface area contributed by atoms with Crippen LogP contribution in [-0.4, -0.2) is 36.1 Å². The number of nitrogens with one attached hydrogen (secondary N) is 2. The van der Waals surface area contributed by atoms with Crippen LogP contribution in [0.15, 0.2) is 0 Å². The van der Waals surface area contributed by atoms with Crippen LogP contribution in [0.1, 0.15) is 39.0 Å². The number of hydrogen-bond acceptors (Lipinski definition) is 3. The van der Waals surface area contributed by atoms with Crippen LogP contribution in [0.5, 0.6) is 0 Å². The average Bonchev–Trinajstić information content (AvgIpc) is 2.83. The van der Waals surface area contributed by atoms with Crippen molar-refractivity contribution >= 4 is 11.9 Å². The van der Waals surface area contributed by atoms with E-state index in [4.69, 9.17) is 5.11 Å². The van der Waals surface area contributed by atoms with E-state index in [-0.39, 0.29) is 23.8 Å². The van der Waals surface area contributed by atoms with E-state index < -0.39 is 5.97 Å². The topological polar surface area (TPSA) is 78.4 Å². The van der Waals surface area contributed by atoms with Crippen molar-refractivity contribution in [1.29, 1.82) is 0 Å².